The molecule has 0 spiro atoms. The molecule has 0 unspecified atom stereocenters. The zero-order valence-electron chi connectivity index (χ0n) is 4.62. The topological polar surface area (TPSA) is 23.8 Å². The first-order chi connectivity index (χ1) is 1.91. The summed E-state index contributed by atoms with van der Waals surface area (Å²) in [6.45, 7) is 2.56. The van der Waals surface area contributed by atoms with E-state index in [0.29, 0.717) is 6.54 Å². The number of nitrogens with one attached hydrogen (secondary N) is 1. The summed E-state index contributed by atoms with van der Waals surface area (Å²) in [7, 11) is 0. The molecule has 2 heteroatoms. The molecule has 0 aromatic rings. The minimum atomic E-state index is 0. The normalized spacial score (nSPS) is 5.00. The largest absolute Gasteiger partial charge is 2.00 e. The van der Waals surface area contributed by atoms with E-state index < -0.39 is 0 Å². The van der Waals surface area contributed by atoms with Gasteiger partial charge in [0.2, 0.25) is 0 Å². The van der Waals surface area contributed by atoms with Gasteiger partial charge in [0, 0.05) is 0 Å². The first-order valence-corrected chi connectivity index (χ1v) is 1.56. The fraction of sp³-hybridized carbons (Fsp3) is 0.750. The molecule has 0 rings (SSSR count). The molecule has 0 aliphatic heterocycles. The Kier molecular flexibility index (Phi) is 45.6. The molecule has 1 N–H and O–H groups in total. The van der Waals surface area contributed by atoms with Crippen LogP contribution in [0.15, 0.2) is 0 Å². The van der Waals surface area contributed by atoms with E-state index in [1.807, 2.05) is 6.92 Å². The summed E-state index contributed by atoms with van der Waals surface area (Å²) < 4.78 is 0. The monoisotopic (exact) mass is 97.1 g/mol. The van der Waals surface area contributed by atoms with Crippen molar-refractivity contribution in [3.8, 4) is 0 Å². The van der Waals surface area contributed by atoms with Gasteiger partial charge in [0.25, 0.3) is 0 Å². The molecule has 0 heterocycles. The Bertz CT molecular complexity index is 9.51. The van der Waals surface area contributed by atoms with Gasteiger partial charge in [-0.05, 0) is 0 Å². The van der Waals surface area contributed by atoms with Crippen LogP contribution in [0.3, 0.4) is 0 Å². The van der Waals surface area contributed by atoms with E-state index in [-0.39, 0.29) is 30.5 Å². The quantitative estimate of drug-likeness (QED) is 0.350. The van der Waals surface area contributed by atoms with Gasteiger partial charge in [0.15, 0.2) is 0 Å². The van der Waals surface area contributed by atoms with Crippen molar-refractivity contribution in [2.75, 3.05) is 6.54 Å². The minimum absolute atomic E-state index is 0. The SMILES string of the molecule is CCC[NH-].[CH3-].[Mg+2]. The maximum Gasteiger partial charge on any atom is 2.00 e. The molecule has 0 atom stereocenters. The summed E-state index contributed by atoms with van der Waals surface area (Å²) in [4.78, 5) is 0. The van der Waals surface area contributed by atoms with Crippen molar-refractivity contribution < 1.29 is 0 Å². The van der Waals surface area contributed by atoms with E-state index in [2.05, 4.69) is 0 Å². The molecule has 0 fully saturated rings. The molecule has 0 aromatic carbocycles. The Morgan fingerprint density at radius 2 is 1.67 bits per heavy atom. The van der Waals surface area contributed by atoms with Crippen LogP contribution in [-0.4, -0.2) is 29.6 Å². The maximum absolute atomic E-state index is 6.45. The molecular weight excluding hydrogens is 86.4 g/mol. The summed E-state index contributed by atoms with van der Waals surface area (Å²) in [5, 5.41) is 0. The summed E-state index contributed by atoms with van der Waals surface area (Å²) in [5.74, 6) is 0. The second kappa shape index (κ2) is 17.2. The molecule has 0 aliphatic rings. The van der Waals surface area contributed by atoms with Crippen LogP contribution < -0.4 is 0 Å². The van der Waals surface area contributed by atoms with E-state index in [1.165, 1.54) is 0 Å². The van der Waals surface area contributed by atoms with E-state index in [0.717, 1.165) is 6.42 Å². The predicted molar refractivity (Wildman–Crippen MR) is 31.6 cm³/mol. The van der Waals surface area contributed by atoms with Crippen molar-refractivity contribution in [3.05, 3.63) is 13.2 Å². The van der Waals surface area contributed by atoms with E-state index in [9.17, 15) is 0 Å². The zero-order chi connectivity index (χ0) is 3.41. The van der Waals surface area contributed by atoms with Gasteiger partial charge in [-0.2, -0.15) is 6.54 Å². The van der Waals surface area contributed by atoms with Crippen LogP contribution >= 0.6 is 0 Å². The smallest absolute Gasteiger partial charge is 0.677 e. The molecule has 0 aliphatic carbocycles. The van der Waals surface area contributed by atoms with E-state index in [1.54, 1.807) is 0 Å². The predicted octanol–water partition coefficient (Wildman–Crippen LogP) is 1.52. The van der Waals surface area contributed by atoms with Crippen molar-refractivity contribution in [3.63, 3.8) is 0 Å². The van der Waals surface area contributed by atoms with Crippen LogP contribution in [-0.2, 0) is 0 Å². The molecule has 0 aromatic heterocycles. The Balaban J connectivity index is -0.0000000450. The van der Waals surface area contributed by atoms with Crippen LogP contribution in [0.4, 0.5) is 0 Å². The molecular formula is C4H11MgN. The van der Waals surface area contributed by atoms with Crippen molar-refractivity contribution in [1.82, 2.24) is 0 Å². The molecule has 34 valence electrons. The maximum atomic E-state index is 6.45. The third-order valence-electron chi connectivity index (χ3n) is 0.250. The Morgan fingerprint density at radius 3 is 1.67 bits per heavy atom. The van der Waals surface area contributed by atoms with Gasteiger partial charge in [-0.15, -0.1) is 0 Å². The standard InChI is InChI=1S/C3H8N.CH3.Mg/c1-2-3-4;;/h4H,2-3H2,1H3;1H3;/q2*-1;+2. The number of hydrogen-bond acceptors (Lipinski definition) is 0. The van der Waals surface area contributed by atoms with Crippen LogP contribution in [0, 0.1) is 7.43 Å². The fourth-order valence-corrected chi connectivity index (χ4v) is 0. The molecule has 0 saturated carbocycles. The van der Waals surface area contributed by atoms with E-state index in [4.69, 9.17) is 5.73 Å². The van der Waals surface area contributed by atoms with Gasteiger partial charge in [0.05, 0.1) is 0 Å². The molecule has 1 nitrogen and oxygen atoms in total. The summed E-state index contributed by atoms with van der Waals surface area (Å²) in [6.07, 6.45) is 0.986. The Labute approximate surface area is 56.4 Å². The molecule has 0 radical (unpaired) electrons. The molecule has 6 heavy (non-hydrogen) atoms. The van der Waals surface area contributed by atoms with Crippen LogP contribution in [0.5, 0.6) is 0 Å². The average molecular weight is 97.4 g/mol. The summed E-state index contributed by atoms with van der Waals surface area (Å²) in [5.41, 5.74) is 6.45. The van der Waals surface area contributed by atoms with Gasteiger partial charge in [0.1, 0.15) is 0 Å². The van der Waals surface area contributed by atoms with Crippen LogP contribution in [0.25, 0.3) is 5.73 Å². The van der Waals surface area contributed by atoms with Gasteiger partial charge in [-0.1, -0.05) is 13.3 Å². The van der Waals surface area contributed by atoms with Crippen molar-refractivity contribution in [2.24, 2.45) is 0 Å². The molecule has 0 saturated heterocycles. The van der Waals surface area contributed by atoms with Gasteiger partial charge >= 0.3 is 23.1 Å². The van der Waals surface area contributed by atoms with Crippen LogP contribution in [0.1, 0.15) is 13.3 Å². The summed E-state index contributed by atoms with van der Waals surface area (Å²) in [6, 6.07) is 0. The minimum Gasteiger partial charge on any atom is -0.677 e. The van der Waals surface area contributed by atoms with Crippen molar-refractivity contribution in [1.29, 1.82) is 0 Å². The third kappa shape index (κ3) is 22.0. The average Bonchev–Trinajstić information content (AvgIpc) is 1.37. The Hall–Kier alpha value is 0.726. The third-order valence-corrected chi connectivity index (χ3v) is 0.250. The molecule has 0 amide bonds. The van der Waals surface area contributed by atoms with Gasteiger partial charge < -0.3 is 13.2 Å². The van der Waals surface area contributed by atoms with Gasteiger partial charge in [-0.25, -0.2) is 0 Å². The second-order valence-electron chi connectivity index (χ2n) is 0.750. The van der Waals surface area contributed by atoms with Crippen LogP contribution in [0.2, 0.25) is 0 Å². The summed E-state index contributed by atoms with van der Waals surface area (Å²) >= 11 is 0. The van der Waals surface area contributed by atoms with Gasteiger partial charge in [-0.3, -0.25) is 0 Å². The number of rotatable bonds is 1. The Morgan fingerprint density at radius 1 is 1.50 bits per heavy atom. The first kappa shape index (κ1) is 15.9. The number of hydrogen-bond donors (Lipinski definition) is 0. The van der Waals surface area contributed by atoms with E-state index >= 15 is 0 Å². The fourth-order valence-electron chi connectivity index (χ4n) is 0. The molecule has 0 bridgehead atoms. The first-order valence-electron chi connectivity index (χ1n) is 1.56. The second-order valence-corrected chi connectivity index (χ2v) is 0.750. The van der Waals surface area contributed by atoms with Crippen molar-refractivity contribution in [2.45, 2.75) is 13.3 Å². The zero-order valence-corrected chi connectivity index (χ0v) is 6.04. The van der Waals surface area contributed by atoms with Crippen molar-refractivity contribution >= 4 is 23.1 Å².